The van der Waals surface area contributed by atoms with E-state index in [1.54, 1.807) is 18.6 Å². The molecule has 236 valence electrons. The van der Waals surface area contributed by atoms with Crippen LogP contribution in [0.25, 0.3) is 33.8 Å². The van der Waals surface area contributed by atoms with Gasteiger partial charge in [0.25, 0.3) is 0 Å². The lowest BCUT2D eigenvalue weighted by Gasteiger charge is -2.16. The van der Waals surface area contributed by atoms with Crippen molar-refractivity contribution in [2.75, 3.05) is 28.6 Å². The first-order chi connectivity index (χ1) is 23.1. The summed E-state index contributed by atoms with van der Waals surface area (Å²) in [7, 11) is 0. The molecule has 0 bridgehead atoms. The number of aryl methyl sites for hydroxylation is 2. The van der Waals surface area contributed by atoms with Gasteiger partial charge < -0.3 is 15.5 Å². The molecular weight excluding hydrogens is 631 g/mol. The van der Waals surface area contributed by atoms with Gasteiger partial charge in [-0.05, 0) is 38.8 Å². The maximum absolute atomic E-state index is 4.65. The summed E-state index contributed by atoms with van der Waals surface area (Å²) >= 11 is 3.05. The van der Waals surface area contributed by atoms with Crippen LogP contribution in [0, 0.1) is 13.8 Å². The molecule has 13 nitrogen and oxygen atoms in total. The predicted octanol–water partition coefficient (Wildman–Crippen LogP) is 7.02. The molecular formula is C32H31N13S2. The molecule has 1 saturated heterocycles. The standard InChI is InChI=1S/C17H14N6S.C15H17N7S/c1-11-7-8-18-16(20-11)22-17-21-14(10-24-17)13-9-19-23-15(13)12-5-3-2-4-6-12;1-10-4-5-16-14(18-10)20-15-19-12(9-23-15)11-8-17-21-13(11)22-6-2-3-7-22/h2-10H,1H3,(H,19,23)(H,18,20,21,22);4-5,8-9H,2-3,6-7H2,1H3,(H,17,21)(H,16,18,19,20). The van der Waals surface area contributed by atoms with Crippen molar-refractivity contribution in [2.45, 2.75) is 26.7 Å². The number of nitrogens with zero attached hydrogens (tertiary/aromatic N) is 9. The maximum Gasteiger partial charge on any atom is 0.229 e. The average Bonchev–Trinajstić information content (AvgIpc) is 3.92. The van der Waals surface area contributed by atoms with Crippen molar-refractivity contribution in [2.24, 2.45) is 0 Å². The zero-order valence-corrected chi connectivity index (χ0v) is 27.3. The lowest BCUT2D eigenvalue weighted by atomic mass is 10.1. The highest BCUT2D eigenvalue weighted by Crippen LogP contribution is 2.34. The topological polar surface area (TPSA) is 162 Å². The smallest absolute Gasteiger partial charge is 0.229 e. The number of hydrogen-bond acceptors (Lipinski definition) is 13. The molecule has 1 aliphatic heterocycles. The Hall–Kier alpha value is -5.54. The van der Waals surface area contributed by atoms with Crippen molar-refractivity contribution in [3.05, 3.63) is 89.4 Å². The monoisotopic (exact) mass is 661 g/mol. The molecule has 15 heteroatoms. The van der Waals surface area contributed by atoms with Crippen molar-refractivity contribution in [3.63, 3.8) is 0 Å². The minimum Gasteiger partial charge on any atom is -0.356 e. The Morgan fingerprint density at radius 1 is 0.681 bits per heavy atom. The van der Waals surface area contributed by atoms with Crippen molar-refractivity contribution >= 4 is 50.7 Å². The van der Waals surface area contributed by atoms with Gasteiger partial charge in [-0.2, -0.15) is 10.2 Å². The Morgan fingerprint density at radius 2 is 1.26 bits per heavy atom. The first kappa shape index (κ1) is 30.1. The molecule has 4 N–H and O–H groups in total. The maximum atomic E-state index is 4.65. The van der Waals surface area contributed by atoms with Gasteiger partial charge in [0.15, 0.2) is 10.3 Å². The van der Waals surface area contributed by atoms with Gasteiger partial charge in [0.05, 0.1) is 35.0 Å². The number of nitrogens with one attached hydrogen (secondary N) is 4. The normalized spacial score (nSPS) is 12.5. The minimum absolute atomic E-state index is 0.548. The van der Waals surface area contributed by atoms with E-state index in [9.17, 15) is 0 Å². The van der Waals surface area contributed by atoms with Crippen LogP contribution in [-0.2, 0) is 0 Å². The number of aromatic amines is 2. The van der Waals surface area contributed by atoms with Gasteiger partial charge in [-0.1, -0.05) is 30.3 Å². The Kier molecular flexibility index (Phi) is 8.88. The Labute approximate surface area is 278 Å². The van der Waals surface area contributed by atoms with Gasteiger partial charge in [-0.3, -0.25) is 10.2 Å². The molecule has 1 aliphatic rings. The molecule has 0 radical (unpaired) electrons. The van der Waals surface area contributed by atoms with Crippen molar-refractivity contribution in [1.29, 1.82) is 0 Å². The number of rotatable bonds is 8. The summed E-state index contributed by atoms with van der Waals surface area (Å²) in [5, 5.41) is 26.4. The molecule has 0 amide bonds. The summed E-state index contributed by atoms with van der Waals surface area (Å²) in [6, 6.07) is 13.8. The number of hydrogen-bond donors (Lipinski definition) is 4. The molecule has 47 heavy (non-hydrogen) atoms. The molecule has 0 unspecified atom stereocenters. The van der Waals surface area contributed by atoms with Crippen LogP contribution in [-0.4, -0.2) is 63.4 Å². The molecule has 8 rings (SSSR count). The SMILES string of the molecule is Cc1ccnc(Nc2nc(-c3cn[nH]c3-c3ccccc3)cs2)n1.Cc1ccnc(Nc2nc(-c3cn[nH]c3N3CCCC3)cs2)n1. The fourth-order valence-corrected chi connectivity index (χ4v) is 6.48. The first-order valence-electron chi connectivity index (χ1n) is 15.0. The van der Waals surface area contributed by atoms with Crippen LogP contribution in [0.5, 0.6) is 0 Å². The molecule has 0 atom stereocenters. The number of anilines is 5. The Morgan fingerprint density at radius 3 is 1.87 bits per heavy atom. The molecule has 7 aromatic rings. The van der Waals surface area contributed by atoms with Crippen LogP contribution in [0.4, 0.5) is 28.0 Å². The summed E-state index contributed by atoms with van der Waals surface area (Å²) in [4.78, 5) is 28.7. The number of benzene rings is 1. The van der Waals surface area contributed by atoms with Crippen LogP contribution in [0.2, 0.25) is 0 Å². The van der Waals surface area contributed by atoms with E-state index in [1.807, 2.05) is 73.3 Å². The molecule has 6 aromatic heterocycles. The van der Waals surface area contributed by atoms with Gasteiger partial charge >= 0.3 is 0 Å². The van der Waals surface area contributed by atoms with Crippen molar-refractivity contribution in [3.8, 4) is 33.8 Å². The van der Waals surface area contributed by atoms with Crippen LogP contribution in [0.15, 0.2) is 78.0 Å². The van der Waals surface area contributed by atoms with Gasteiger partial charge in [0.2, 0.25) is 11.9 Å². The third kappa shape index (κ3) is 7.15. The molecule has 1 fully saturated rings. The van der Waals surface area contributed by atoms with Gasteiger partial charge in [-0.25, -0.2) is 29.9 Å². The zero-order valence-electron chi connectivity index (χ0n) is 25.7. The quantitative estimate of drug-likeness (QED) is 0.132. The van der Waals surface area contributed by atoms with Crippen LogP contribution >= 0.6 is 22.7 Å². The molecule has 1 aromatic carbocycles. The van der Waals surface area contributed by atoms with Gasteiger partial charge in [0, 0.05) is 58.8 Å². The fraction of sp³-hybridized carbons (Fsp3) is 0.188. The van der Waals surface area contributed by atoms with E-state index in [1.165, 1.54) is 35.5 Å². The number of aromatic nitrogens is 10. The number of H-pyrrole nitrogens is 2. The molecule has 0 spiro atoms. The summed E-state index contributed by atoms with van der Waals surface area (Å²) in [6.07, 6.45) is 9.56. The second-order valence-corrected chi connectivity index (χ2v) is 12.4. The highest BCUT2D eigenvalue weighted by Gasteiger charge is 2.20. The minimum atomic E-state index is 0.548. The van der Waals surface area contributed by atoms with E-state index < -0.39 is 0 Å². The summed E-state index contributed by atoms with van der Waals surface area (Å²) in [5.74, 6) is 2.18. The van der Waals surface area contributed by atoms with E-state index in [0.717, 1.165) is 74.3 Å². The van der Waals surface area contributed by atoms with Gasteiger partial charge in [-0.15, -0.1) is 22.7 Å². The third-order valence-electron chi connectivity index (χ3n) is 7.33. The van der Waals surface area contributed by atoms with Crippen LogP contribution in [0.1, 0.15) is 24.2 Å². The first-order valence-corrected chi connectivity index (χ1v) is 16.8. The summed E-state index contributed by atoms with van der Waals surface area (Å²) in [6.45, 7) is 6.01. The Bertz CT molecular complexity index is 2060. The molecule has 7 heterocycles. The molecule has 0 aliphatic carbocycles. The van der Waals surface area contributed by atoms with Gasteiger partial charge in [0.1, 0.15) is 5.82 Å². The lowest BCUT2D eigenvalue weighted by Crippen LogP contribution is -2.18. The van der Waals surface area contributed by atoms with Crippen molar-refractivity contribution < 1.29 is 0 Å². The second-order valence-electron chi connectivity index (χ2n) is 10.7. The van der Waals surface area contributed by atoms with Crippen LogP contribution in [0.3, 0.4) is 0 Å². The Balaban J connectivity index is 0.000000150. The zero-order chi connectivity index (χ0) is 32.0. The molecule has 0 saturated carbocycles. The summed E-state index contributed by atoms with van der Waals surface area (Å²) < 4.78 is 0. The fourth-order valence-electron chi connectivity index (χ4n) is 5.07. The van der Waals surface area contributed by atoms with E-state index in [2.05, 4.69) is 65.8 Å². The van der Waals surface area contributed by atoms with E-state index >= 15 is 0 Å². The second kappa shape index (κ2) is 13.8. The van der Waals surface area contributed by atoms with E-state index in [0.29, 0.717) is 11.9 Å². The predicted molar refractivity (Wildman–Crippen MR) is 186 cm³/mol. The van der Waals surface area contributed by atoms with Crippen molar-refractivity contribution in [1.82, 2.24) is 50.3 Å². The average molecular weight is 662 g/mol. The summed E-state index contributed by atoms with van der Waals surface area (Å²) in [5.41, 5.74) is 7.66. The van der Waals surface area contributed by atoms with Crippen LogP contribution < -0.4 is 15.5 Å². The third-order valence-corrected chi connectivity index (χ3v) is 8.85. The van der Waals surface area contributed by atoms with E-state index in [-0.39, 0.29) is 0 Å². The number of thiazole rings is 2. The highest BCUT2D eigenvalue weighted by molar-refractivity contribution is 7.14. The largest absolute Gasteiger partial charge is 0.356 e. The van der Waals surface area contributed by atoms with E-state index in [4.69, 9.17) is 0 Å². The lowest BCUT2D eigenvalue weighted by molar-refractivity contribution is 0.921. The highest BCUT2D eigenvalue weighted by atomic mass is 32.1.